The van der Waals surface area contributed by atoms with Crippen molar-refractivity contribution in [2.24, 2.45) is 0 Å². The van der Waals surface area contributed by atoms with Gasteiger partial charge in [-0.25, -0.2) is 15.0 Å². The molecule has 0 spiro atoms. The van der Waals surface area contributed by atoms with Crippen molar-refractivity contribution in [1.29, 1.82) is 68.4 Å². The van der Waals surface area contributed by atoms with Gasteiger partial charge < -0.3 is 9.13 Å². The van der Waals surface area contributed by atoms with Crippen LogP contribution in [0, 0.1) is 147 Å². The van der Waals surface area contributed by atoms with Gasteiger partial charge in [-0.2, -0.15) is 68.4 Å². The van der Waals surface area contributed by atoms with E-state index >= 15 is 0 Å². The molecule has 16 rings (SSSR count). The highest BCUT2D eigenvalue weighted by Gasteiger charge is 2.28. The van der Waals surface area contributed by atoms with Crippen molar-refractivity contribution in [3.63, 3.8) is 0 Å². The van der Waals surface area contributed by atoms with E-state index in [2.05, 4.69) is 88.0 Å². The number of nitriles is 13. The summed E-state index contributed by atoms with van der Waals surface area (Å²) < 4.78 is 4.11. The van der Waals surface area contributed by atoms with E-state index in [9.17, 15) is 68.4 Å². The second-order valence-electron chi connectivity index (χ2n) is 25.9. The number of benzene rings is 13. The van der Waals surface area contributed by atoms with Crippen molar-refractivity contribution in [3.8, 4) is 191 Å². The van der Waals surface area contributed by atoms with Crippen LogP contribution in [0.2, 0.25) is 0 Å². The summed E-state index contributed by atoms with van der Waals surface area (Å²) >= 11 is 0. The Morgan fingerprint density at radius 1 is 0.196 bits per heavy atom. The quantitative estimate of drug-likeness (QED) is 0.116. The fraction of sp³-hybridized carbons (Fsp3) is 0. The normalized spacial score (nSPS) is 10.6. The summed E-state index contributed by atoms with van der Waals surface area (Å²) in [7, 11) is 0. The number of rotatable bonds is 11. The van der Waals surface area contributed by atoms with E-state index in [4.69, 9.17) is 15.0 Å². The van der Waals surface area contributed by atoms with E-state index in [-0.39, 0.29) is 94.8 Å². The minimum absolute atomic E-state index is 0.0662. The van der Waals surface area contributed by atoms with E-state index in [1.54, 1.807) is 36.4 Å². The van der Waals surface area contributed by atoms with E-state index in [0.29, 0.717) is 133 Å². The SMILES string of the molecule is N#Cc1cc(C#N)c(-c2ccc3c(c2)c2cc(-c4c(C#N)cc(C#N)cc4C#N)ccc2n3-c2ccc(-c3nc(-c4ccccc4)nc(-c4ccccc4)n3)cc2-c2ccc(-c3ccccc3C#N)cc2-n2c3ccc(-c4c(C#N)cc(C#N)cc4C#N)cc3c3cc(-c4c(C#N)cc(C#N)cc4C#N)ccc32)c(C#N)c1. The molecule has 0 N–H and O–H groups in total. The molecule has 0 saturated heterocycles. The van der Waals surface area contributed by atoms with Crippen LogP contribution in [0.15, 0.2) is 243 Å². The maximum atomic E-state index is 10.9. The Bertz CT molecular complexity index is 6990. The first-order chi connectivity index (χ1) is 54.9. The van der Waals surface area contributed by atoms with Crippen molar-refractivity contribution < 1.29 is 0 Å². The molecule has 0 fully saturated rings. The van der Waals surface area contributed by atoms with E-state index < -0.39 is 0 Å². The van der Waals surface area contributed by atoms with Crippen molar-refractivity contribution in [1.82, 2.24) is 24.1 Å². The lowest BCUT2D eigenvalue weighted by molar-refractivity contribution is 1.07. The fourth-order valence-electron chi connectivity index (χ4n) is 14.9. The molecule has 112 heavy (non-hydrogen) atoms. The van der Waals surface area contributed by atoms with Gasteiger partial charge in [0.05, 0.1) is 185 Å². The highest BCUT2D eigenvalue weighted by atomic mass is 15.0. The van der Waals surface area contributed by atoms with Crippen molar-refractivity contribution in [2.75, 3.05) is 0 Å². The van der Waals surface area contributed by atoms with Gasteiger partial charge in [0.15, 0.2) is 17.5 Å². The van der Waals surface area contributed by atoms with Crippen LogP contribution in [0.3, 0.4) is 0 Å². The molecule has 0 radical (unpaired) electrons. The largest absolute Gasteiger partial charge is 0.309 e. The molecule has 3 aromatic heterocycles. The average Bonchev–Trinajstić information content (AvgIpc) is 1.55. The number of hydrogen-bond acceptors (Lipinski definition) is 16. The molecular weight excluding hydrogens is 1380 g/mol. The molecule has 18 nitrogen and oxygen atoms in total. The first-order valence-corrected chi connectivity index (χ1v) is 34.3. The van der Waals surface area contributed by atoms with Crippen LogP contribution in [-0.2, 0) is 0 Å². The Hall–Kier alpha value is -18.2. The molecule has 0 amide bonds. The summed E-state index contributed by atoms with van der Waals surface area (Å²) in [4.78, 5) is 15.5. The highest BCUT2D eigenvalue weighted by molar-refractivity contribution is 6.15. The van der Waals surface area contributed by atoms with Crippen LogP contribution >= 0.6 is 0 Å². The molecule has 0 saturated carbocycles. The Morgan fingerprint density at radius 3 is 0.821 bits per heavy atom. The summed E-state index contributed by atoms with van der Waals surface area (Å²) in [6.45, 7) is 0. The van der Waals surface area contributed by atoms with Crippen LogP contribution in [0.4, 0.5) is 0 Å². The molecule has 506 valence electrons. The first kappa shape index (κ1) is 68.3. The highest BCUT2D eigenvalue weighted by Crippen LogP contribution is 2.48. The smallest absolute Gasteiger partial charge is 0.164 e. The van der Waals surface area contributed by atoms with E-state index in [0.717, 1.165) is 0 Å². The minimum Gasteiger partial charge on any atom is -0.309 e. The summed E-state index contributed by atoms with van der Waals surface area (Å²) in [5.74, 6) is 1.05. The molecule has 13 aromatic carbocycles. The zero-order valence-electron chi connectivity index (χ0n) is 58.1. The maximum Gasteiger partial charge on any atom is 0.164 e. The first-order valence-electron chi connectivity index (χ1n) is 34.3. The van der Waals surface area contributed by atoms with Gasteiger partial charge in [0.25, 0.3) is 0 Å². The fourth-order valence-corrected chi connectivity index (χ4v) is 14.9. The van der Waals surface area contributed by atoms with E-state index in [1.807, 2.05) is 158 Å². The Kier molecular flexibility index (Phi) is 17.1. The lowest BCUT2D eigenvalue weighted by atomic mass is 9.91. The predicted molar refractivity (Wildman–Crippen MR) is 419 cm³/mol. The van der Waals surface area contributed by atoms with Gasteiger partial charge in [-0.3, -0.25) is 0 Å². The van der Waals surface area contributed by atoms with Gasteiger partial charge in [0.1, 0.15) is 0 Å². The molecule has 16 aromatic rings. The molecule has 0 aliphatic carbocycles. The molecule has 18 heteroatoms. The van der Waals surface area contributed by atoms with Crippen molar-refractivity contribution >= 4 is 43.6 Å². The number of nitrogens with zero attached hydrogens (tertiary/aromatic N) is 18. The number of hydrogen-bond donors (Lipinski definition) is 0. The molecule has 0 bridgehead atoms. The van der Waals surface area contributed by atoms with Gasteiger partial charge in [-0.1, -0.05) is 115 Å². The van der Waals surface area contributed by atoms with Gasteiger partial charge >= 0.3 is 0 Å². The summed E-state index contributed by atoms with van der Waals surface area (Å²) in [5.41, 5.74) is 11.8. The summed E-state index contributed by atoms with van der Waals surface area (Å²) in [6, 6.07) is 99.7. The zero-order chi connectivity index (χ0) is 77.4. The molecular formula is C94H40N18. The van der Waals surface area contributed by atoms with Crippen molar-refractivity contribution in [2.45, 2.75) is 0 Å². The monoisotopic (exact) mass is 1420 g/mol. The number of aromatic nitrogens is 5. The molecule has 0 unspecified atom stereocenters. The average molecular weight is 1420 g/mol. The third-order valence-corrected chi connectivity index (χ3v) is 19.8. The van der Waals surface area contributed by atoms with Gasteiger partial charge in [0.2, 0.25) is 0 Å². The van der Waals surface area contributed by atoms with Crippen LogP contribution < -0.4 is 0 Å². The van der Waals surface area contributed by atoms with Crippen LogP contribution in [0.1, 0.15) is 72.3 Å². The topological polar surface area (TPSA) is 358 Å². The Balaban J connectivity index is 1.07. The molecule has 0 atom stereocenters. The Labute approximate surface area is 638 Å². The standard InChI is InChI=1S/C94H40N18/c95-41-54-27-67(46-100)88(68(28-54)47-101)61-16-22-83-78(35-61)79-36-62(89-69(48-102)29-55(42-96)30-70(89)49-103)17-23-84(79)111(83)82-26-20-65(94-109-92(58-9-3-1-4-10-58)108-93(110-94)59-11-5-2-6-12-59)39-77(82)76-21-15-60(75-14-8-7-13-66(75)45-99)40-87(76)112-85-24-18-63(90-71(50-104)31-56(43-97)32-72(90)51-105)37-80(85)81-38-64(19-25-86(81)112)91-73(52-106)33-57(44-98)34-74(91)53-107/h1-40H. The third-order valence-electron chi connectivity index (χ3n) is 19.8. The third kappa shape index (κ3) is 11.5. The predicted octanol–water partition coefficient (Wildman–Crippen LogP) is 19.4. The molecule has 3 heterocycles. The van der Waals surface area contributed by atoms with E-state index in [1.165, 1.54) is 48.5 Å². The van der Waals surface area contributed by atoms with Crippen LogP contribution in [0.25, 0.3) is 156 Å². The van der Waals surface area contributed by atoms with Gasteiger partial charge in [0, 0.05) is 71.6 Å². The summed E-state index contributed by atoms with van der Waals surface area (Å²) in [5, 5.41) is 140. The van der Waals surface area contributed by atoms with Gasteiger partial charge in [-0.05, 0) is 161 Å². The van der Waals surface area contributed by atoms with Crippen LogP contribution in [0.5, 0.6) is 0 Å². The molecule has 0 aliphatic rings. The lowest BCUT2D eigenvalue weighted by Gasteiger charge is -2.21. The maximum absolute atomic E-state index is 10.9. The second-order valence-corrected chi connectivity index (χ2v) is 25.9. The summed E-state index contributed by atoms with van der Waals surface area (Å²) in [6.07, 6.45) is 0. The number of fused-ring (bicyclic) bond motifs is 6. The van der Waals surface area contributed by atoms with Gasteiger partial charge in [-0.15, -0.1) is 0 Å². The van der Waals surface area contributed by atoms with Crippen LogP contribution in [-0.4, -0.2) is 24.1 Å². The molecule has 0 aliphatic heterocycles. The zero-order valence-corrected chi connectivity index (χ0v) is 58.1. The van der Waals surface area contributed by atoms with Crippen molar-refractivity contribution in [3.05, 3.63) is 315 Å². The Morgan fingerprint density at radius 2 is 0.491 bits per heavy atom. The lowest BCUT2D eigenvalue weighted by Crippen LogP contribution is -2.04. The minimum atomic E-state index is 0.0662. The second kappa shape index (κ2) is 28.1.